The number of thiazole rings is 1. The molecule has 126 valence electrons. The van der Waals surface area contributed by atoms with Crippen molar-refractivity contribution in [3.8, 4) is 0 Å². The Labute approximate surface area is 144 Å². The molecule has 1 aromatic carbocycles. The van der Waals surface area contributed by atoms with Gasteiger partial charge in [0, 0.05) is 30.5 Å². The molecule has 7 heteroatoms. The average molecular weight is 344 g/mol. The lowest BCUT2D eigenvalue weighted by Crippen LogP contribution is -2.47. The van der Waals surface area contributed by atoms with Crippen molar-refractivity contribution in [3.05, 3.63) is 46.5 Å². The SMILES string of the molecule is CC[C@@H](C(=O)NCCc1csc(N)n1)N1Cc2ccccc2C1=O. The number of rotatable bonds is 6. The summed E-state index contributed by atoms with van der Waals surface area (Å²) in [6.07, 6.45) is 1.21. The summed E-state index contributed by atoms with van der Waals surface area (Å²) in [5.41, 5.74) is 8.14. The molecular weight excluding hydrogens is 324 g/mol. The minimum absolute atomic E-state index is 0.0696. The van der Waals surface area contributed by atoms with Gasteiger partial charge in [-0.3, -0.25) is 9.59 Å². The number of hydrogen-bond donors (Lipinski definition) is 2. The van der Waals surface area contributed by atoms with Crippen LogP contribution in [0.4, 0.5) is 5.13 Å². The van der Waals surface area contributed by atoms with Gasteiger partial charge in [-0.15, -0.1) is 11.3 Å². The number of carbonyl (C=O) groups excluding carboxylic acids is 2. The minimum Gasteiger partial charge on any atom is -0.375 e. The monoisotopic (exact) mass is 344 g/mol. The Kier molecular flexibility index (Phi) is 4.80. The second-order valence-electron chi connectivity index (χ2n) is 5.73. The Hall–Kier alpha value is -2.41. The van der Waals surface area contributed by atoms with E-state index in [9.17, 15) is 9.59 Å². The lowest BCUT2D eigenvalue weighted by molar-refractivity contribution is -0.125. The fourth-order valence-electron chi connectivity index (χ4n) is 2.94. The zero-order valence-electron chi connectivity index (χ0n) is 13.5. The molecule has 1 aliphatic heterocycles. The Morgan fingerprint density at radius 3 is 2.92 bits per heavy atom. The molecule has 6 nitrogen and oxygen atoms in total. The molecule has 3 rings (SSSR count). The van der Waals surface area contributed by atoms with Gasteiger partial charge in [0.1, 0.15) is 6.04 Å². The molecule has 0 saturated heterocycles. The van der Waals surface area contributed by atoms with E-state index in [4.69, 9.17) is 5.73 Å². The van der Waals surface area contributed by atoms with Gasteiger partial charge in [-0.05, 0) is 18.1 Å². The average Bonchev–Trinajstić information content (AvgIpc) is 3.13. The summed E-state index contributed by atoms with van der Waals surface area (Å²) in [5.74, 6) is -0.193. The van der Waals surface area contributed by atoms with Crippen LogP contribution in [0.25, 0.3) is 0 Å². The smallest absolute Gasteiger partial charge is 0.255 e. The molecule has 0 fully saturated rings. The van der Waals surface area contributed by atoms with Crippen LogP contribution in [0.5, 0.6) is 0 Å². The van der Waals surface area contributed by atoms with Crippen molar-refractivity contribution in [2.24, 2.45) is 0 Å². The highest BCUT2D eigenvalue weighted by Gasteiger charge is 2.34. The third-order valence-electron chi connectivity index (χ3n) is 4.16. The van der Waals surface area contributed by atoms with E-state index in [1.165, 1.54) is 11.3 Å². The maximum Gasteiger partial charge on any atom is 0.255 e. The molecule has 1 aliphatic rings. The minimum atomic E-state index is -0.453. The summed E-state index contributed by atoms with van der Waals surface area (Å²) in [6.45, 7) is 2.89. The van der Waals surface area contributed by atoms with Gasteiger partial charge in [-0.2, -0.15) is 0 Å². The van der Waals surface area contributed by atoms with Crippen LogP contribution in [0, 0.1) is 0 Å². The molecule has 0 bridgehead atoms. The number of nitrogens with zero attached hydrogens (tertiary/aromatic N) is 2. The van der Waals surface area contributed by atoms with Gasteiger partial charge in [0.05, 0.1) is 5.69 Å². The fraction of sp³-hybridized carbons (Fsp3) is 0.353. The molecule has 0 unspecified atom stereocenters. The van der Waals surface area contributed by atoms with Crippen molar-refractivity contribution in [3.63, 3.8) is 0 Å². The van der Waals surface area contributed by atoms with Gasteiger partial charge in [-0.25, -0.2) is 4.98 Å². The van der Waals surface area contributed by atoms with Crippen molar-refractivity contribution in [1.29, 1.82) is 0 Å². The van der Waals surface area contributed by atoms with E-state index in [1.807, 2.05) is 36.6 Å². The van der Waals surface area contributed by atoms with Crippen LogP contribution in [-0.4, -0.2) is 34.3 Å². The number of nitrogen functional groups attached to an aromatic ring is 1. The molecule has 0 radical (unpaired) electrons. The predicted octanol–water partition coefficient (Wildman–Crippen LogP) is 1.82. The summed E-state index contributed by atoms with van der Waals surface area (Å²) in [6, 6.07) is 7.06. The lowest BCUT2D eigenvalue weighted by atomic mass is 10.1. The molecule has 0 saturated carbocycles. The highest BCUT2D eigenvalue weighted by molar-refractivity contribution is 7.13. The molecule has 2 amide bonds. The molecule has 1 aromatic heterocycles. The molecule has 24 heavy (non-hydrogen) atoms. The molecule has 2 heterocycles. The van der Waals surface area contributed by atoms with Crippen molar-refractivity contribution < 1.29 is 9.59 Å². The van der Waals surface area contributed by atoms with E-state index in [1.54, 1.807) is 4.90 Å². The number of nitrogens with two attached hydrogens (primary N) is 1. The topological polar surface area (TPSA) is 88.3 Å². The van der Waals surface area contributed by atoms with Gasteiger partial charge in [0.25, 0.3) is 5.91 Å². The Balaban J connectivity index is 1.60. The van der Waals surface area contributed by atoms with Crippen molar-refractivity contribution >= 4 is 28.3 Å². The van der Waals surface area contributed by atoms with E-state index in [2.05, 4.69) is 10.3 Å². The van der Waals surface area contributed by atoms with Gasteiger partial charge >= 0.3 is 0 Å². The van der Waals surface area contributed by atoms with Crippen LogP contribution >= 0.6 is 11.3 Å². The second-order valence-corrected chi connectivity index (χ2v) is 6.62. The summed E-state index contributed by atoms with van der Waals surface area (Å²) < 4.78 is 0. The van der Waals surface area contributed by atoms with Gasteiger partial charge < -0.3 is 16.0 Å². The Bertz CT molecular complexity index is 759. The standard InChI is InChI=1S/C17H20N4O2S/c1-2-14(15(22)19-8-7-12-10-24-17(18)20-12)21-9-11-5-3-4-6-13(11)16(21)23/h3-6,10,14H,2,7-9H2,1H3,(H2,18,20)(H,19,22)/t14-/m0/s1. The first-order valence-corrected chi connectivity index (χ1v) is 8.84. The van der Waals surface area contributed by atoms with E-state index >= 15 is 0 Å². The predicted molar refractivity (Wildman–Crippen MR) is 93.6 cm³/mol. The van der Waals surface area contributed by atoms with E-state index in [0.717, 1.165) is 11.3 Å². The molecule has 0 spiro atoms. The maximum atomic E-state index is 12.5. The Morgan fingerprint density at radius 2 is 2.25 bits per heavy atom. The van der Waals surface area contributed by atoms with Crippen LogP contribution in [-0.2, 0) is 17.8 Å². The number of nitrogens with one attached hydrogen (secondary N) is 1. The van der Waals surface area contributed by atoms with Gasteiger partial charge in [0.15, 0.2) is 5.13 Å². The molecular formula is C17H20N4O2S. The molecule has 0 aliphatic carbocycles. The largest absolute Gasteiger partial charge is 0.375 e. The van der Waals surface area contributed by atoms with Crippen LogP contribution in [0.3, 0.4) is 0 Å². The van der Waals surface area contributed by atoms with Crippen LogP contribution in [0.2, 0.25) is 0 Å². The first-order chi connectivity index (χ1) is 11.6. The number of carbonyl (C=O) groups is 2. The molecule has 3 N–H and O–H groups in total. The lowest BCUT2D eigenvalue weighted by Gasteiger charge is -2.25. The zero-order valence-corrected chi connectivity index (χ0v) is 14.3. The summed E-state index contributed by atoms with van der Waals surface area (Å²) in [5, 5.41) is 5.33. The van der Waals surface area contributed by atoms with Crippen molar-refractivity contribution in [2.75, 3.05) is 12.3 Å². The van der Waals surface area contributed by atoms with Gasteiger partial charge in [0.2, 0.25) is 5.91 Å². The third kappa shape index (κ3) is 3.26. The van der Waals surface area contributed by atoms with Crippen LogP contribution in [0.1, 0.15) is 35.0 Å². The summed E-state index contributed by atoms with van der Waals surface area (Å²) >= 11 is 1.39. The number of hydrogen-bond acceptors (Lipinski definition) is 5. The summed E-state index contributed by atoms with van der Waals surface area (Å²) in [4.78, 5) is 30.9. The molecule has 2 aromatic rings. The normalized spacial score (nSPS) is 14.5. The number of amides is 2. The number of aromatic nitrogens is 1. The van der Waals surface area contributed by atoms with E-state index in [0.29, 0.717) is 36.6 Å². The molecule has 1 atom stereocenters. The first-order valence-electron chi connectivity index (χ1n) is 7.96. The number of benzene rings is 1. The maximum absolute atomic E-state index is 12.5. The highest BCUT2D eigenvalue weighted by Crippen LogP contribution is 2.25. The van der Waals surface area contributed by atoms with Crippen LogP contribution in [0.15, 0.2) is 29.6 Å². The summed E-state index contributed by atoms with van der Waals surface area (Å²) in [7, 11) is 0. The number of anilines is 1. The fourth-order valence-corrected chi connectivity index (χ4v) is 3.54. The van der Waals surface area contributed by atoms with Crippen molar-refractivity contribution in [2.45, 2.75) is 32.4 Å². The Morgan fingerprint density at radius 1 is 1.46 bits per heavy atom. The van der Waals surface area contributed by atoms with E-state index in [-0.39, 0.29) is 11.8 Å². The first kappa shape index (κ1) is 16.4. The quantitative estimate of drug-likeness (QED) is 0.837. The third-order valence-corrected chi connectivity index (χ3v) is 4.89. The van der Waals surface area contributed by atoms with Crippen LogP contribution < -0.4 is 11.1 Å². The number of fused-ring (bicyclic) bond motifs is 1. The van der Waals surface area contributed by atoms with E-state index < -0.39 is 6.04 Å². The van der Waals surface area contributed by atoms with Crippen molar-refractivity contribution in [1.82, 2.24) is 15.2 Å². The second kappa shape index (κ2) is 7.00. The highest BCUT2D eigenvalue weighted by atomic mass is 32.1. The van der Waals surface area contributed by atoms with Gasteiger partial charge in [-0.1, -0.05) is 25.1 Å². The zero-order chi connectivity index (χ0) is 17.1.